The first-order valence-corrected chi connectivity index (χ1v) is 6.89. The van der Waals surface area contributed by atoms with E-state index in [1.54, 1.807) is 6.26 Å². The summed E-state index contributed by atoms with van der Waals surface area (Å²) < 4.78 is 5.46. The fourth-order valence-electron chi connectivity index (χ4n) is 2.30. The van der Waals surface area contributed by atoms with Crippen molar-refractivity contribution in [2.24, 2.45) is 0 Å². The summed E-state index contributed by atoms with van der Waals surface area (Å²) in [5.41, 5.74) is 3.56. The molecule has 0 saturated heterocycles. The Morgan fingerprint density at radius 3 is 2.84 bits per heavy atom. The fraction of sp³-hybridized carbons (Fsp3) is 0.438. The largest absolute Gasteiger partial charge is 0.469 e. The van der Waals surface area contributed by atoms with E-state index in [1.165, 1.54) is 11.1 Å². The van der Waals surface area contributed by atoms with Crippen LogP contribution in [0.15, 0.2) is 35.1 Å². The highest BCUT2D eigenvalue weighted by atomic mass is 16.3. The number of aryl methyl sites for hydroxylation is 2. The van der Waals surface area contributed by atoms with Crippen molar-refractivity contribution in [1.82, 2.24) is 10.3 Å². The predicted molar refractivity (Wildman–Crippen MR) is 77.2 cm³/mol. The fourth-order valence-corrected chi connectivity index (χ4v) is 2.30. The van der Waals surface area contributed by atoms with Crippen LogP contribution in [0.3, 0.4) is 0 Å². The zero-order valence-corrected chi connectivity index (χ0v) is 11.9. The van der Waals surface area contributed by atoms with Gasteiger partial charge in [0.1, 0.15) is 5.76 Å². The van der Waals surface area contributed by atoms with Crippen molar-refractivity contribution in [3.05, 3.63) is 53.2 Å². The van der Waals surface area contributed by atoms with Gasteiger partial charge in [0, 0.05) is 12.6 Å². The molecule has 0 aliphatic heterocycles. The van der Waals surface area contributed by atoms with E-state index in [9.17, 15) is 0 Å². The maximum absolute atomic E-state index is 5.46. The van der Waals surface area contributed by atoms with E-state index in [1.807, 2.05) is 18.3 Å². The quantitative estimate of drug-likeness (QED) is 0.860. The first-order chi connectivity index (χ1) is 9.20. The predicted octanol–water partition coefficient (Wildman–Crippen LogP) is 3.57. The Kier molecular flexibility index (Phi) is 4.74. The summed E-state index contributed by atoms with van der Waals surface area (Å²) in [6.07, 6.45) is 5.61. The first-order valence-electron chi connectivity index (χ1n) is 6.89. The van der Waals surface area contributed by atoms with Crippen molar-refractivity contribution in [1.29, 1.82) is 0 Å². The van der Waals surface area contributed by atoms with E-state index in [0.717, 1.165) is 30.8 Å². The number of furan rings is 1. The number of hydrogen-bond acceptors (Lipinski definition) is 3. The molecule has 19 heavy (non-hydrogen) atoms. The normalized spacial score (nSPS) is 12.6. The Morgan fingerprint density at radius 2 is 2.21 bits per heavy atom. The molecule has 1 N–H and O–H groups in total. The monoisotopic (exact) mass is 258 g/mol. The third-order valence-corrected chi connectivity index (χ3v) is 3.21. The highest BCUT2D eigenvalue weighted by molar-refractivity contribution is 5.26. The van der Waals surface area contributed by atoms with Crippen LogP contribution in [0, 0.1) is 13.8 Å². The molecule has 0 amide bonds. The SMILES string of the molecule is CCCNC(Cc1ccco1)c1ncc(C)cc1C. The molecule has 102 valence electrons. The van der Waals surface area contributed by atoms with Crippen LogP contribution in [-0.2, 0) is 6.42 Å². The lowest BCUT2D eigenvalue weighted by Gasteiger charge is -2.19. The third-order valence-electron chi connectivity index (χ3n) is 3.21. The second-order valence-electron chi connectivity index (χ2n) is 5.01. The van der Waals surface area contributed by atoms with E-state index in [0.29, 0.717) is 0 Å². The van der Waals surface area contributed by atoms with Crippen LogP contribution in [0.25, 0.3) is 0 Å². The summed E-state index contributed by atoms with van der Waals surface area (Å²) in [6, 6.07) is 6.35. The van der Waals surface area contributed by atoms with E-state index in [-0.39, 0.29) is 6.04 Å². The summed E-state index contributed by atoms with van der Waals surface area (Å²) in [5, 5.41) is 3.56. The second-order valence-corrected chi connectivity index (χ2v) is 5.01. The van der Waals surface area contributed by atoms with Crippen LogP contribution >= 0.6 is 0 Å². The Hall–Kier alpha value is -1.61. The van der Waals surface area contributed by atoms with Gasteiger partial charge in [-0.25, -0.2) is 0 Å². The topological polar surface area (TPSA) is 38.1 Å². The van der Waals surface area contributed by atoms with Gasteiger partial charge in [-0.2, -0.15) is 0 Å². The molecule has 0 aromatic carbocycles. The Labute approximate surface area is 115 Å². The molecule has 2 rings (SSSR count). The van der Waals surface area contributed by atoms with Crippen LogP contribution in [0.2, 0.25) is 0 Å². The summed E-state index contributed by atoms with van der Waals surface area (Å²) in [7, 11) is 0. The van der Waals surface area contributed by atoms with Gasteiger partial charge in [0.2, 0.25) is 0 Å². The van der Waals surface area contributed by atoms with E-state index >= 15 is 0 Å². The number of pyridine rings is 1. The summed E-state index contributed by atoms with van der Waals surface area (Å²) >= 11 is 0. The molecule has 3 heteroatoms. The van der Waals surface area contributed by atoms with Gasteiger partial charge in [-0.3, -0.25) is 4.98 Å². The molecule has 2 heterocycles. The Morgan fingerprint density at radius 1 is 1.37 bits per heavy atom. The summed E-state index contributed by atoms with van der Waals surface area (Å²) in [4.78, 5) is 4.61. The van der Waals surface area contributed by atoms with Crippen molar-refractivity contribution in [3.63, 3.8) is 0 Å². The third kappa shape index (κ3) is 3.67. The zero-order chi connectivity index (χ0) is 13.7. The molecular formula is C16H22N2O. The van der Waals surface area contributed by atoms with Gasteiger partial charge in [-0.1, -0.05) is 13.0 Å². The second kappa shape index (κ2) is 6.53. The highest BCUT2D eigenvalue weighted by Crippen LogP contribution is 2.20. The average molecular weight is 258 g/mol. The van der Waals surface area contributed by atoms with Gasteiger partial charge >= 0.3 is 0 Å². The summed E-state index contributed by atoms with van der Waals surface area (Å²) in [5.74, 6) is 0.996. The van der Waals surface area contributed by atoms with Crippen LogP contribution in [0.5, 0.6) is 0 Å². The molecule has 2 aromatic rings. The molecule has 0 spiro atoms. The molecule has 0 bridgehead atoms. The molecule has 2 aromatic heterocycles. The standard InChI is InChI=1S/C16H22N2O/c1-4-7-17-15(10-14-6-5-8-19-14)16-13(3)9-12(2)11-18-16/h5-6,8-9,11,15,17H,4,7,10H2,1-3H3. The van der Waals surface area contributed by atoms with Gasteiger partial charge in [0.05, 0.1) is 18.0 Å². The lowest BCUT2D eigenvalue weighted by Crippen LogP contribution is -2.25. The van der Waals surface area contributed by atoms with Crippen molar-refractivity contribution in [3.8, 4) is 0 Å². The molecule has 1 unspecified atom stereocenters. The smallest absolute Gasteiger partial charge is 0.105 e. The molecular weight excluding hydrogens is 236 g/mol. The molecule has 0 aliphatic rings. The van der Waals surface area contributed by atoms with Crippen LogP contribution in [0.4, 0.5) is 0 Å². The number of nitrogens with one attached hydrogen (secondary N) is 1. The molecule has 3 nitrogen and oxygen atoms in total. The Balaban J connectivity index is 2.20. The molecule has 0 fully saturated rings. The lowest BCUT2D eigenvalue weighted by atomic mass is 10.0. The molecule has 0 aliphatic carbocycles. The van der Waals surface area contributed by atoms with Crippen molar-refractivity contribution < 1.29 is 4.42 Å². The van der Waals surface area contributed by atoms with E-state index in [2.05, 4.69) is 37.1 Å². The van der Waals surface area contributed by atoms with E-state index in [4.69, 9.17) is 4.42 Å². The summed E-state index contributed by atoms with van der Waals surface area (Å²) in [6.45, 7) is 7.36. The minimum atomic E-state index is 0.215. The number of hydrogen-bond donors (Lipinski definition) is 1. The average Bonchev–Trinajstić information content (AvgIpc) is 2.88. The zero-order valence-electron chi connectivity index (χ0n) is 11.9. The Bertz CT molecular complexity index is 505. The number of nitrogens with zero attached hydrogens (tertiary/aromatic N) is 1. The van der Waals surface area contributed by atoms with Crippen molar-refractivity contribution in [2.75, 3.05) is 6.54 Å². The number of aromatic nitrogens is 1. The van der Waals surface area contributed by atoms with Gasteiger partial charge in [0.25, 0.3) is 0 Å². The lowest BCUT2D eigenvalue weighted by molar-refractivity contribution is 0.442. The number of rotatable bonds is 6. The highest BCUT2D eigenvalue weighted by Gasteiger charge is 2.16. The van der Waals surface area contributed by atoms with Crippen LogP contribution in [0.1, 0.15) is 42.0 Å². The van der Waals surface area contributed by atoms with Crippen molar-refractivity contribution >= 4 is 0 Å². The van der Waals surface area contributed by atoms with Gasteiger partial charge in [-0.15, -0.1) is 0 Å². The van der Waals surface area contributed by atoms with Crippen LogP contribution < -0.4 is 5.32 Å². The van der Waals surface area contributed by atoms with E-state index < -0.39 is 0 Å². The van der Waals surface area contributed by atoms with Gasteiger partial charge < -0.3 is 9.73 Å². The first kappa shape index (κ1) is 13.8. The molecule has 0 saturated carbocycles. The maximum Gasteiger partial charge on any atom is 0.105 e. The molecule has 0 radical (unpaired) electrons. The van der Waals surface area contributed by atoms with Gasteiger partial charge in [0.15, 0.2) is 0 Å². The van der Waals surface area contributed by atoms with Crippen LogP contribution in [-0.4, -0.2) is 11.5 Å². The molecule has 1 atom stereocenters. The van der Waals surface area contributed by atoms with Gasteiger partial charge in [-0.05, 0) is 50.1 Å². The minimum absolute atomic E-state index is 0.215. The van der Waals surface area contributed by atoms with Crippen molar-refractivity contribution in [2.45, 2.75) is 39.7 Å². The maximum atomic E-state index is 5.46. The minimum Gasteiger partial charge on any atom is -0.469 e.